The number of nitrogens with zero attached hydrogens (tertiary/aromatic N) is 5. The summed E-state index contributed by atoms with van der Waals surface area (Å²) >= 11 is 1.76. The highest BCUT2D eigenvalue weighted by Gasteiger charge is 2.18. The minimum atomic E-state index is 0.582. The molecule has 45 heavy (non-hydrogen) atoms. The molecule has 0 N–H and O–H groups in total. The van der Waals surface area contributed by atoms with Gasteiger partial charge in [0, 0.05) is 47.7 Å². The van der Waals surface area contributed by atoms with Crippen molar-refractivity contribution in [3.8, 4) is 23.5 Å². The molecule has 206 valence electrons. The third kappa shape index (κ3) is 3.57. The summed E-state index contributed by atoms with van der Waals surface area (Å²) in [7, 11) is 0. The van der Waals surface area contributed by atoms with Crippen LogP contribution in [0.5, 0.6) is 0 Å². The first kappa shape index (κ1) is 25.1. The molecule has 6 aromatic carbocycles. The summed E-state index contributed by atoms with van der Waals surface area (Å²) in [5.41, 5.74) is 7.98. The number of hydrogen-bond acceptors (Lipinski definition) is 3. The van der Waals surface area contributed by atoms with Gasteiger partial charge >= 0.3 is 0 Å². The Balaban J connectivity index is 1.34. The summed E-state index contributed by atoms with van der Waals surface area (Å²) in [4.78, 5) is 3.68. The molecule has 9 rings (SSSR count). The summed E-state index contributed by atoms with van der Waals surface area (Å²) in [5, 5.41) is 25.7. The van der Waals surface area contributed by atoms with Crippen molar-refractivity contribution in [2.45, 2.75) is 0 Å². The van der Waals surface area contributed by atoms with E-state index < -0.39 is 0 Å². The van der Waals surface area contributed by atoms with Crippen LogP contribution in [0, 0.1) is 29.2 Å². The molecule has 0 atom stereocenters. The Morgan fingerprint density at radius 2 is 1.13 bits per heavy atom. The van der Waals surface area contributed by atoms with E-state index in [2.05, 4.69) is 92.8 Å². The predicted octanol–water partition coefficient (Wildman–Crippen LogP) is 10.5. The highest BCUT2D eigenvalue weighted by Crippen LogP contribution is 2.42. The summed E-state index contributed by atoms with van der Waals surface area (Å²) in [6.45, 7) is 7.55. The SMILES string of the molecule is [C-]#[N+]c1ccc2sc3cc4c5ccccc5n(-c5cccc(-n6c7ccc(C#N)cc7c7cc(C#N)ccc76)c5)c4cc3c2c1. The van der Waals surface area contributed by atoms with Crippen molar-refractivity contribution in [1.29, 1.82) is 10.5 Å². The van der Waals surface area contributed by atoms with E-state index in [1.54, 1.807) is 11.3 Å². The van der Waals surface area contributed by atoms with Crippen molar-refractivity contribution >= 4 is 80.8 Å². The largest absolute Gasteiger partial charge is 0.309 e. The van der Waals surface area contributed by atoms with Gasteiger partial charge < -0.3 is 9.13 Å². The topological polar surface area (TPSA) is 61.8 Å². The molecule has 0 fully saturated rings. The van der Waals surface area contributed by atoms with Crippen LogP contribution >= 0.6 is 11.3 Å². The van der Waals surface area contributed by atoms with Gasteiger partial charge in [0.15, 0.2) is 5.69 Å². The summed E-state index contributed by atoms with van der Waals surface area (Å²) in [5.74, 6) is 0. The number of hydrogen-bond donors (Lipinski definition) is 0. The minimum Gasteiger partial charge on any atom is -0.309 e. The van der Waals surface area contributed by atoms with E-state index in [-0.39, 0.29) is 0 Å². The lowest BCUT2D eigenvalue weighted by Crippen LogP contribution is -1.98. The molecule has 5 nitrogen and oxygen atoms in total. The lowest BCUT2D eigenvalue weighted by molar-refractivity contribution is 1.13. The average Bonchev–Trinajstić information content (AvgIpc) is 3.73. The molecule has 3 aromatic heterocycles. The number of nitriles is 2. The van der Waals surface area contributed by atoms with Gasteiger partial charge in [0.05, 0.1) is 51.9 Å². The molecule has 3 heterocycles. The summed E-state index contributed by atoms with van der Waals surface area (Å²) in [6, 6.07) is 43.5. The maximum Gasteiger partial charge on any atom is 0.187 e. The zero-order valence-electron chi connectivity index (χ0n) is 23.6. The molecule has 0 saturated carbocycles. The Kier molecular flexibility index (Phi) is 5.20. The number of fused-ring (bicyclic) bond motifs is 9. The predicted molar refractivity (Wildman–Crippen MR) is 184 cm³/mol. The molecular formula is C39H19N5S. The second-order valence-electron chi connectivity index (χ2n) is 11.2. The van der Waals surface area contributed by atoms with E-state index >= 15 is 0 Å². The molecule has 0 aliphatic rings. The van der Waals surface area contributed by atoms with Gasteiger partial charge in [-0.3, -0.25) is 0 Å². The minimum absolute atomic E-state index is 0.582. The smallest absolute Gasteiger partial charge is 0.187 e. The maximum atomic E-state index is 9.62. The normalized spacial score (nSPS) is 11.5. The second-order valence-corrected chi connectivity index (χ2v) is 12.2. The van der Waals surface area contributed by atoms with Gasteiger partial charge in [-0.2, -0.15) is 10.5 Å². The van der Waals surface area contributed by atoms with E-state index in [9.17, 15) is 10.5 Å². The first-order chi connectivity index (χ1) is 22.1. The number of benzene rings is 6. The molecule has 0 bridgehead atoms. The fraction of sp³-hybridized carbons (Fsp3) is 0. The van der Waals surface area contributed by atoms with E-state index in [0.29, 0.717) is 16.8 Å². The summed E-state index contributed by atoms with van der Waals surface area (Å²) < 4.78 is 6.91. The van der Waals surface area contributed by atoms with Crippen LogP contribution in [0.3, 0.4) is 0 Å². The molecule has 0 aliphatic carbocycles. The van der Waals surface area contributed by atoms with E-state index in [1.807, 2.05) is 48.5 Å². The number of para-hydroxylation sites is 1. The number of rotatable bonds is 2. The Labute approximate surface area is 261 Å². The molecule has 0 amide bonds. The summed E-state index contributed by atoms with van der Waals surface area (Å²) in [6.07, 6.45) is 0. The van der Waals surface area contributed by atoms with Gasteiger partial charge in [0.1, 0.15) is 0 Å². The molecule has 0 spiro atoms. The van der Waals surface area contributed by atoms with Gasteiger partial charge in [0.2, 0.25) is 0 Å². The molecule has 0 aliphatic heterocycles. The van der Waals surface area contributed by atoms with Gasteiger partial charge in [0.25, 0.3) is 0 Å². The first-order valence-corrected chi connectivity index (χ1v) is 15.2. The molecule has 0 unspecified atom stereocenters. The van der Waals surface area contributed by atoms with Gasteiger partial charge in [-0.05, 0) is 84.2 Å². The van der Waals surface area contributed by atoms with Crippen LogP contribution in [0.1, 0.15) is 11.1 Å². The van der Waals surface area contributed by atoms with Crippen LogP contribution in [-0.2, 0) is 0 Å². The lowest BCUT2D eigenvalue weighted by atomic mass is 10.1. The van der Waals surface area contributed by atoms with Crippen molar-refractivity contribution in [2.24, 2.45) is 0 Å². The van der Waals surface area contributed by atoms with Crippen LogP contribution in [0.4, 0.5) is 5.69 Å². The Morgan fingerprint density at radius 1 is 0.511 bits per heavy atom. The van der Waals surface area contributed by atoms with Crippen molar-refractivity contribution < 1.29 is 0 Å². The van der Waals surface area contributed by atoms with E-state index in [4.69, 9.17) is 6.57 Å². The quantitative estimate of drug-likeness (QED) is 0.188. The van der Waals surface area contributed by atoms with Gasteiger partial charge in [-0.25, -0.2) is 4.85 Å². The van der Waals surface area contributed by atoms with Crippen LogP contribution in [-0.4, -0.2) is 9.13 Å². The van der Waals surface area contributed by atoms with E-state index in [0.717, 1.165) is 55.0 Å². The monoisotopic (exact) mass is 589 g/mol. The second kappa shape index (κ2) is 9.30. The average molecular weight is 590 g/mol. The molecule has 9 aromatic rings. The Morgan fingerprint density at radius 3 is 1.82 bits per heavy atom. The fourth-order valence-corrected chi connectivity index (χ4v) is 7.89. The van der Waals surface area contributed by atoms with Crippen molar-refractivity contribution in [3.63, 3.8) is 0 Å². The fourth-order valence-electron chi connectivity index (χ4n) is 6.79. The molecule has 0 radical (unpaired) electrons. The lowest BCUT2D eigenvalue weighted by Gasteiger charge is -2.13. The Hall–Kier alpha value is -6.39. The number of thiophene rings is 1. The zero-order chi connectivity index (χ0) is 30.2. The molecule has 0 saturated heterocycles. The third-order valence-electron chi connectivity index (χ3n) is 8.75. The van der Waals surface area contributed by atoms with Crippen LogP contribution in [0.15, 0.2) is 115 Å². The highest BCUT2D eigenvalue weighted by molar-refractivity contribution is 7.25. The first-order valence-electron chi connectivity index (χ1n) is 14.4. The van der Waals surface area contributed by atoms with Crippen molar-refractivity contribution in [2.75, 3.05) is 0 Å². The van der Waals surface area contributed by atoms with Crippen molar-refractivity contribution in [3.05, 3.63) is 138 Å². The van der Waals surface area contributed by atoms with E-state index in [1.165, 1.54) is 20.2 Å². The Bertz CT molecular complexity index is 2790. The van der Waals surface area contributed by atoms with Gasteiger partial charge in [-0.1, -0.05) is 36.4 Å². The van der Waals surface area contributed by atoms with Crippen LogP contribution in [0.25, 0.3) is 80.0 Å². The van der Waals surface area contributed by atoms with Crippen LogP contribution in [0.2, 0.25) is 0 Å². The van der Waals surface area contributed by atoms with Gasteiger partial charge in [-0.15, -0.1) is 11.3 Å². The highest BCUT2D eigenvalue weighted by atomic mass is 32.1. The van der Waals surface area contributed by atoms with Crippen LogP contribution < -0.4 is 0 Å². The molecular weight excluding hydrogens is 571 g/mol. The maximum absolute atomic E-state index is 9.62. The standard InChI is InChI=1S/C39H19N5S/c1-42-25-11-14-38-32(17-25)33-19-37-31(20-39(33)45-38)28-7-2-3-8-34(28)44(37)27-6-4-5-26(18-27)43-35-12-9-23(21-40)15-29(35)30-16-24(22-41)10-13-36(30)43/h2-20H. The third-order valence-corrected chi connectivity index (χ3v) is 9.88. The zero-order valence-corrected chi connectivity index (χ0v) is 24.4. The molecule has 6 heteroatoms. The number of aromatic nitrogens is 2. The van der Waals surface area contributed by atoms with Crippen molar-refractivity contribution in [1.82, 2.24) is 9.13 Å².